The van der Waals surface area contributed by atoms with Crippen LogP contribution in [0.1, 0.15) is 5.56 Å². The zero-order chi connectivity index (χ0) is 22.4. The summed E-state index contributed by atoms with van der Waals surface area (Å²) in [5.41, 5.74) is 7.56. The van der Waals surface area contributed by atoms with Gasteiger partial charge in [0.25, 0.3) is 6.71 Å². The Labute approximate surface area is 194 Å². The molecule has 0 bridgehead atoms. The molecule has 4 aromatic rings. The van der Waals surface area contributed by atoms with Gasteiger partial charge in [0.2, 0.25) is 0 Å². The van der Waals surface area contributed by atoms with Crippen LogP contribution in [0.15, 0.2) is 116 Å². The SMILES string of the molecule is C=C/C=C(\C=C)c1cccc2c1Oc1cccc3c1B2c1cccc(-c2ccccc2)c1O3. The fourth-order valence-corrected chi connectivity index (χ4v) is 4.94. The Hall–Kier alpha value is -4.24. The van der Waals surface area contributed by atoms with E-state index in [-0.39, 0.29) is 6.71 Å². The molecule has 0 spiro atoms. The lowest BCUT2D eigenvalue weighted by molar-refractivity contribution is 0.464. The molecular weight excluding hydrogens is 403 g/mol. The second kappa shape index (κ2) is 7.72. The topological polar surface area (TPSA) is 18.5 Å². The zero-order valence-electron chi connectivity index (χ0n) is 18.1. The lowest BCUT2D eigenvalue weighted by atomic mass is 9.34. The summed E-state index contributed by atoms with van der Waals surface area (Å²) in [7, 11) is 0. The molecule has 0 atom stereocenters. The van der Waals surface area contributed by atoms with Crippen LogP contribution in [-0.2, 0) is 0 Å². The Balaban J connectivity index is 1.63. The third-order valence-electron chi connectivity index (χ3n) is 6.36. The molecular formula is C30H21BO2. The minimum absolute atomic E-state index is 0.0158. The molecule has 0 N–H and O–H groups in total. The molecule has 0 saturated carbocycles. The Morgan fingerprint density at radius 2 is 1.36 bits per heavy atom. The summed E-state index contributed by atoms with van der Waals surface area (Å²) in [5.74, 6) is 3.44. The summed E-state index contributed by atoms with van der Waals surface area (Å²) in [6, 6.07) is 29.2. The molecule has 2 aliphatic rings. The molecule has 2 aliphatic heterocycles. The summed E-state index contributed by atoms with van der Waals surface area (Å²) in [5, 5.41) is 0. The van der Waals surface area contributed by atoms with Crippen LogP contribution in [0.4, 0.5) is 0 Å². The van der Waals surface area contributed by atoms with E-state index in [1.807, 2.05) is 36.4 Å². The van der Waals surface area contributed by atoms with Crippen molar-refractivity contribution >= 4 is 28.7 Å². The fraction of sp³-hybridized carbons (Fsp3) is 0. The Kier molecular flexibility index (Phi) is 4.55. The van der Waals surface area contributed by atoms with Crippen LogP contribution in [0.2, 0.25) is 0 Å². The van der Waals surface area contributed by atoms with Crippen molar-refractivity contribution in [3.05, 3.63) is 122 Å². The first-order chi connectivity index (χ1) is 16.3. The van der Waals surface area contributed by atoms with E-state index in [2.05, 4.69) is 73.8 Å². The maximum absolute atomic E-state index is 6.54. The maximum Gasteiger partial charge on any atom is 0.260 e. The average molecular weight is 424 g/mol. The summed E-state index contributed by atoms with van der Waals surface area (Å²) in [6.07, 6.45) is 5.59. The van der Waals surface area contributed by atoms with Gasteiger partial charge in [0, 0.05) is 16.6 Å². The van der Waals surface area contributed by atoms with Gasteiger partial charge in [-0.15, -0.1) is 0 Å². The van der Waals surface area contributed by atoms with Crippen molar-refractivity contribution in [3.8, 4) is 34.1 Å². The third kappa shape index (κ3) is 2.97. The normalized spacial score (nSPS) is 13.1. The standard InChI is InChI=1S/C30H21BO2/c1-3-11-20(4-2)22-14-8-16-24-29(22)32-26-18-10-19-27-28(26)31(24)25-17-9-15-23(30(25)33-27)21-12-6-5-7-13-21/h3-19H,1-2H2/b20-11+. The van der Waals surface area contributed by atoms with E-state index < -0.39 is 0 Å². The van der Waals surface area contributed by atoms with Gasteiger partial charge in [-0.25, -0.2) is 0 Å². The van der Waals surface area contributed by atoms with Crippen molar-refractivity contribution in [2.75, 3.05) is 0 Å². The van der Waals surface area contributed by atoms with Crippen LogP contribution in [-0.4, -0.2) is 6.71 Å². The van der Waals surface area contributed by atoms with Gasteiger partial charge >= 0.3 is 0 Å². The van der Waals surface area contributed by atoms with Crippen molar-refractivity contribution < 1.29 is 9.47 Å². The highest BCUT2D eigenvalue weighted by atomic mass is 16.5. The first-order valence-electron chi connectivity index (χ1n) is 11.1. The van der Waals surface area contributed by atoms with Gasteiger partial charge in [-0.3, -0.25) is 0 Å². The van der Waals surface area contributed by atoms with Gasteiger partial charge < -0.3 is 9.47 Å². The highest BCUT2D eigenvalue weighted by Crippen LogP contribution is 2.40. The van der Waals surface area contributed by atoms with Crippen LogP contribution >= 0.6 is 0 Å². The van der Waals surface area contributed by atoms with Crippen LogP contribution in [0, 0.1) is 0 Å². The third-order valence-corrected chi connectivity index (χ3v) is 6.36. The number of hydrogen-bond acceptors (Lipinski definition) is 2. The molecule has 0 unspecified atom stereocenters. The predicted octanol–water partition coefficient (Wildman–Crippen LogP) is 5.84. The molecule has 3 heteroatoms. The number of allylic oxidation sites excluding steroid dienone is 4. The number of fused-ring (bicyclic) bond motifs is 4. The van der Waals surface area contributed by atoms with Gasteiger partial charge in [-0.05, 0) is 34.2 Å². The van der Waals surface area contributed by atoms with Crippen molar-refractivity contribution in [1.82, 2.24) is 0 Å². The van der Waals surface area contributed by atoms with E-state index in [9.17, 15) is 0 Å². The van der Waals surface area contributed by atoms with Gasteiger partial charge in [0.15, 0.2) is 0 Å². The monoisotopic (exact) mass is 424 g/mol. The highest BCUT2D eigenvalue weighted by Gasteiger charge is 2.41. The fourth-order valence-electron chi connectivity index (χ4n) is 4.94. The minimum atomic E-state index is 0.0158. The second-order valence-electron chi connectivity index (χ2n) is 8.18. The Bertz CT molecular complexity index is 1450. The summed E-state index contributed by atoms with van der Waals surface area (Å²) < 4.78 is 13.1. The number of hydrogen-bond donors (Lipinski definition) is 0. The van der Waals surface area contributed by atoms with Crippen LogP contribution < -0.4 is 25.9 Å². The van der Waals surface area contributed by atoms with Crippen molar-refractivity contribution in [3.63, 3.8) is 0 Å². The lowest BCUT2D eigenvalue weighted by Crippen LogP contribution is -2.57. The number of rotatable bonds is 4. The molecule has 0 aliphatic carbocycles. The van der Waals surface area contributed by atoms with Gasteiger partial charge in [0.1, 0.15) is 23.0 Å². The molecule has 0 aromatic heterocycles. The van der Waals surface area contributed by atoms with E-state index >= 15 is 0 Å². The number of para-hydroxylation sites is 2. The van der Waals surface area contributed by atoms with Crippen molar-refractivity contribution in [2.45, 2.75) is 0 Å². The van der Waals surface area contributed by atoms with Crippen LogP contribution in [0.25, 0.3) is 16.7 Å². The van der Waals surface area contributed by atoms with Crippen LogP contribution in [0.5, 0.6) is 23.0 Å². The molecule has 0 amide bonds. The summed E-state index contributed by atoms with van der Waals surface area (Å²) in [4.78, 5) is 0. The molecule has 4 aromatic carbocycles. The van der Waals surface area contributed by atoms with E-state index in [1.165, 1.54) is 0 Å². The largest absolute Gasteiger partial charge is 0.458 e. The molecule has 0 fully saturated rings. The van der Waals surface area contributed by atoms with E-state index in [0.29, 0.717) is 0 Å². The zero-order valence-corrected chi connectivity index (χ0v) is 18.1. The first-order valence-corrected chi connectivity index (χ1v) is 11.1. The van der Waals surface area contributed by atoms with E-state index in [1.54, 1.807) is 6.08 Å². The molecule has 0 saturated heterocycles. The molecule has 0 radical (unpaired) electrons. The number of ether oxygens (including phenoxy) is 2. The molecule has 2 heterocycles. The smallest absolute Gasteiger partial charge is 0.260 e. The highest BCUT2D eigenvalue weighted by molar-refractivity contribution is 6.98. The first kappa shape index (κ1) is 19.5. The van der Waals surface area contributed by atoms with Gasteiger partial charge in [0.05, 0.1) is 0 Å². The lowest BCUT2D eigenvalue weighted by Gasteiger charge is -2.34. The number of benzene rings is 4. The predicted molar refractivity (Wildman–Crippen MR) is 138 cm³/mol. The van der Waals surface area contributed by atoms with Crippen molar-refractivity contribution in [2.24, 2.45) is 0 Å². The van der Waals surface area contributed by atoms with Gasteiger partial charge in [-0.1, -0.05) is 104 Å². The Morgan fingerprint density at radius 1 is 0.697 bits per heavy atom. The van der Waals surface area contributed by atoms with E-state index in [0.717, 1.165) is 61.6 Å². The maximum atomic E-state index is 6.54. The average Bonchev–Trinajstić information content (AvgIpc) is 2.87. The second-order valence-corrected chi connectivity index (χ2v) is 8.18. The minimum Gasteiger partial charge on any atom is -0.458 e. The molecule has 2 nitrogen and oxygen atoms in total. The molecule has 33 heavy (non-hydrogen) atoms. The van der Waals surface area contributed by atoms with E-state index in [4.69, 9.17) is 9.47 Å². The van der Waals surface area contributed by atoms with Crippen LogP contribution in [0.3, 0.4) is 0 Å². The van der Waals surface area contributed by atoms with Gasteiger partial charge in [-0.2, -0.15) is 0 Å². The molecule has 156 valence electrons. The van der Waals surface area contributed by atoms with Crippen molar-refractivity contribution in [1.29, 1.82) is 0 Å². The molecule has 6 rings (SSSR count). The Morgan fingerprint density at radius 3 is 2.09 bits per heavy atom. The summed E-state index contributed by atoms with van der Waals surface area (Å²) >= 11 is 0. The summed E-state index contributed by atoms with van der Waals surface area (Å²) in [6.45, 7) is 7.88. The quantitative estimate of drug-likeness (QED) is 0.262.